The molecule has 68 heavy (non-hydrogen) atoms. The van der Waals surface area contributed by atoms with Crippen LogP contribution in [0, 0.1) is 0 Å². The number of carbonyl (C=O) groups excluding carboxylic acids is 4. The first-order chi connectivity index (χ1) is 32.3. The number of hydrogen-bond acceptors (Lipinski definition) is 8. The number of alkyl halides is 8. The van der Waals surface area contributed by atoms with E-state index in [0.29, 0.717) is 21.9 Å². The van der Waals surface area contributed by atoms with Crippen LogP contribution < -0.4 is 9.80 Å². The van der Waals surface area contributed by atoms with Gasteiger partial charge in [-0.15, -0.1) is 23.2 Å². The number of nitrogens with one attached hydrogen (secondary N) is 2. The van der Waals surface area contributed by atoms with Crippen LogP contribution in [0.4, 0.5) is 37.7 Å². The Balaban J connectivity index is 1.08. The number of aromatic nitrogens is 2. The van der Waals surface area contributed by atoms with Crippen molar-refractivity contribution in [2.45, 2.75) is 24.2 Å². The van der Waals surface area contributed by atoms with Crippen molar-refractivity contribution >= 4 is 114 Å². The van der Waals surface area contributed by atoms with E-state index in [0.717, 1.165) is 37.1 Å². The molecule has 0 saturated carbocycles. The molecule has 0 spiro atoms. The second kappa shape index (κ2) is 16.9. The third-order valence-corrected chi connectivity index (χ3v) is 13.1. The minimum atomic E-state index is -5.03. The molecule has 2 amide bonds. The second-order valence-corrected chi connectivity index (χ2v) is 16.8. The number of amides is 2. The fraction of sp³-hybridized carbons (Fsp3) is 0.208. The predicted octanol–water partition coefficient (Wildman–Crippen LogP) is 10.7. The number of ether oxygens (including phenoxy) is 2. The van der Waals surface area contributed by atoms with Gasteiger partial charge in [0.1, 0.15) is 22.9 Å². The lowest BCUT2D eigenvalue weighted by Crippen LogP contribution is -2.28. The molecule has 0 radical (unpaired) electrons. The Morgan fingerprint density at radius 1 is 0.662 bits per heavy atom. The maximum absolute atomic E-state index is 14.2. The van der Waals surface area contributed by atoms with Gasteiger partial charge in [-0.25, -0.2) is 9.59 Å². The van der Waals surface area contributed by atoms with Gasteiger partial charge in [0.25, 0.3) is 11.8 Å². The molecule has 2 aliphatic heterocycles. The highest BCUT2D eigenvalue weighted by molar-refractivity contribution is 6.21. The summed E-state index contributed by atoms with van der Waals surface area (Å²) in [4.78, 5) is 60.6. The molecule has 2 aromatic heterocycles. The van der Waals surface area contributed by atoms with Gasteiger partial charge in [-0.05, 0) is 68.1 Å². The van der Waals surface area contributed by atoms with E-state index in [1.165, 1.54) is 34.1 Å². The van der Waals surface area contributed by atoms with Crippen LogP contribution in [0.2, 0.25) is 0 Å². The monoisotopic (exact) mass is 978 g/mol. The predicted molar refractivity (Wildman–Crippen MR) is 244 cm³/mol. The van der Waals surface area contributed by atoms with E-state index in [2.05, 4.69) is 9.97 Å². The number of halogens is 8. The standard InChI is InChI=1S/C48H34Cl2F6N4O8/c1-67-45(65)39-37-35-25(17-49)19-59(29(35)15-31(61)41(37)57-43(39)47(51,52)53)33(63)11-9-21-7-8-22(28-14-24-6-4-3-5-23(24)13-27(21)28)10-12-34(64)60-20-26(18-50)36-30(60)16-32(62)42-38(36)40(46(66)68-2)44(58-42)48(54,55)56/h3-16,25-26,57-58,61-62H,17-20H2,1-2H3/b11-9+,12-10+/t25-,26-/m1/s1. The second-order valence-electron chi connectivity index (χ2n) is 16.1. The Kier molecular flexibility index (Phi) is 11.4. The van der Waals surface area contributed by atoms with Gasteiger partial charge in [-0.1, -0.05) is 36.4 Å². The quantitative estimate of drug-likeness (QED) is 0.0384. The molecule has 20 heteroatoms. The van der Waals surface area contributed by atoms with Crippen LogP contribution >= 0.6 is 23.2 Å². The third-order valence-electron chi connectivity index (χ3n) is 12.4. The summed E-state index contributed by atoms with van der Waals surface area (Å²) in [6.07, 6.45) is -4.49. The van der Waals surface area contributed by atoms with E-state index in [1.54, 1.807) is 12.1 Å². The number of hydrogen-bond donors (Lipinski definition) is 4. The number of anilines is 2. The topological polar surface area (TPSA) is 165 Å². The molecule has 2 atom stereocenters. The van der Waals surface area contributed by atoms with Gasteiger partial charge in [0.2, 0.25) is 0 Å². The highest BCUT2D eigenvalue weighted by Gasteiger charge is 2.45. The molecule has 350 valence electrons. The normalized spacial score (nSPS) is 16.3. The minimum absolute atomic E-state index is 0.0508. The van der Waals surface area contributed by atoms with E-state index >= 15 is 0 Å². The lowest BCUT2D eigenvalue weighted by molar-refractivity contribution is -0.141. The molecule has 9 rings (SSSR count). The molecule has 0 bridgehead atoms. The van der Waals surface area contributed by atoms with Gasteiger partial charge in [0.15, 0.2) is 0 Å². The van der Waals surface area contributed by atoms with Crippen LogP contribution in [-0.2, 0) is 31.4 Å². The number of carbonyl (C=O) groups is 4. The van der Waals surface area contributed by atoms with Crippen molar-refractivity contribution in [3.63, 3.8) is 0 Å². The van der Waals surface area contributed by atoms with Crippen molar-refractivity contribution in [3.8, 4) is 11.5 Å². The van der Waals surface area contributed by atoms with Crippen molar-refractivity contribution < 1.29 is 65.2 Å². The highest BCUT2D eigenvalue weighted by atomic mass is 35.5. The van der Waals surface area contributed by atoms with E-state index in [4.69, 9.17) is 32.7 Å². The molecule has 0 saturated heterocycles. The molecular formula is C48H34Cl2F6N4O8. The number of nitrogens with zero attached hydrogens (tertiary/aromatic N) is 2. The van der Waals surface area contributed by atoms with Crippen LogP contribution in [0.25, 0.3) is 55.5 Å². The fourth-order valence-corrected chi connectivity index (χ4v) is 9.91. The summed E-state index contributed by atoms with van der Waals surface area (Å²) in [6, 6.07) is 16.9. The lowest BCUT2D eigenvalue weighted by atomic mass is 9.95. The zero-order valence-electron chi connectivity index (χ0n) is 35.3. The van der Waals surface area contributed by atoms with Gasteiger partial charge in [-0.3, -0.25) is 9.59 Å². The average molecular weight is 980 g/mol. The van der Waals surface area contributed by atoms with Crippen LogP contribution in [0.1, 0.15) is 66.2 Å². The molecule has 4 N–H and O–H groups in total. The number of methoxy groups -OCH3 is 2. The number of rotatable bonds is 8. The summed E-state index contributed by atoms with van der Waals surface area (Å²) in [5.74, 6) is -6.95. The zero-order chi connectivity index (χ0) is 48.7. The highest BCUT2D eigenvalue weighted by Crippen LogP contribution is 2.51. The number of H-pyrrole nitrogens is 2. The number of aromatic amines is 2. The van der Waals surface area contributed by atoms with Crippen molar-refractivity contribution in [1.29, 1.82) is 0 Å². The Bertz CT molecular complexity index is 3160. The molecule has 2 aliphatic rings. The first kappa shape index (κ1) is 46.0. The zero-order valence-corrected chi connectivity index (χ0v) is 36.8. The van der Waals surface area contributed by atoms with Gasteiger partial charge in [-0.2, -0.15) is 26.3 Å². The molecule has 0 fully saturated rings. The molecule has 0 unspecified atom stereocenters. The summed E-state index contributed by atoms with van der Waals surface area (Å²) < 4.78 is 94.5. The van der Waals surface area contributed by atoms with Crippen LogP contribution in [0.15, 0.2) is 72.8 Å². The number of esters is 2. The summed E-state index contributed by atoms with van der Waals surface area (Å²) in [7, 11) is 1.84. The number of benzene rings is 5. The van der Waals surface area contributed by atoms with E-state index < -0.39 is 82.0 Å². The first-order valence-electron chi connectivity index (χ1n) is 20.5. The Labute approximate surface area is 389 Å². The van der Waals surface area contributed by atoms with Crippen molar-refractivity contribution in [3.05, 3.63) is 118 Å². The van der Waals surface area contributed by atoms with E-state index in [-0.39, 0.29) is 69.2 Å². The van der Waals surface area contributed by atoms with Gasteiger partial charge >= 0.3 is 24.3 Å². The van der Waals surface area contributed by atoms with Gasteiger partial charge < -0.3 is 39.5 Å². The number of fused-ring (bicyclic) bond motifs is 8. The summed E-state index contributed by atoms with van der Waals surface area (Å²) in [6.45, 7) is -0.193. The average Bonchev–Trinajstić information content (AvgIpc) is 4.10. The van der Waals surface area contributed by atoms with Crippen molar-refractivity contribution in [1.82, 2.24) is 9.97 Å². The smallest absolute Gasteiger partial charge is 0.432 e. The Hall–Kier alpha value is -7.18. The van der Waals surface area contributed by atoms with E-state index in [9.17, 15) is 55.7 Å². The van der Waals surface area contributed by atoms with Crippen molar-refractivity contribution in [2.24, 2.45) is 0 Å². The molecule has 0 aliphatic carbocycles. The maximum atomic E-state index is 14.2. The number of phenols is 2. The number of aromatic hydroxyl groups is 2. The summed E-state index contributed by atoms with van der Waals surface area (Å²) in [5, 5.41) is 24.4. The SMILES string of the molecule is COC(=O)c1c(C(F)(F)F)[nH]c2c(O)cc3c(c12)[C@H](CCl)CN3C(=O)/C=C/c1ccc(/C=C/C(=O)N2C[C@@H](CCl)c3c2cc(O)c2[nH]c(C(F)(F)F)c(C(=O)OC)c32)c2cc3ccccc3cc12. The van der Waals surface area contributed by atoms with Crippen LogP contribution in [0.3, 0.4) is 0 Å². The molecular weight excluding hydrogens is 945 g/mol. The molecule has 5 aromatic carbocycles. The maximum Gasteiger partial charge on any atom is 0.432 e. The fourth-order valence-electron chi connectivity index (χ4n) is 9.41. The Morgan fingerprint density at radius 2 is 1.04 bits per heavy atom. The van der Waals surface area contributed by atoms with Gasteiger partial charge in [0, 0.05) is 71.7 Å². The molecule has 4 heterocycles. The largest absolute Gasteiger partial charge is 0.506 e. The van der Waals surface area contributed by atoms with Crippen LogP contribution in [-0.4, -0.2) is 83.0 Å². The summed E-state index contributed by atoms with van der Waals surface area (Å²) >= 11 is 12.7. The van der Waals surface area contributed by atoms with Crippen LogP contribution in [0.5, 0.6) is 11.5 Å². The minimum Gasteiger partial charge on any atom is -0.506 e. The van der Waals surface area contributed by atoms with Gasteiger partial charge in [0.05, 0.1) is 47.8 Å². The molecule has 7 aromatic rings. The van der Waals surface area contributed by atoms with Crippen molar-refractivity contribution in [2.75, 3.05) is 48.9 Å². The number of phenolic OH excluding ortho intramolecular Hbond substituents is 2. The Morgan fingerprint density at radius 3 is 1.38 bits per heavy atom. The third kappa shape index (κ3) is 7.42. The van der Waals surface area contributed by atoms with E-state index in [1.807, 2.05) is 36.4 Å². The lowest BCUT2D eigenvalue weighted by Gasteiger charge is -2.16. The first-order valence-corrected chi connectivity index (χ1v) is 21.6. The molecule has 12 nitrogen and oxygen atoms in total. The summed E-state index contributed by atoms with van der Waals surface area (Å²) in [5.41, 5.74) is -3.80.